The minimum atomic E-state index is -0.744. The normalized spacial score (nSPS) is 10.6. The van der Waals surface area contributed by atoms with Crippen LogP contribution in [0.5, 0.6) is 0 Å². The Morgan fingerprint density at radius 3 is 2.24 bits per heavy atom. The van der Waals surface area contributed by atoms with E-state index in [1.807, 2.05) is 0 Å². The van der Waals surface area contributed by atoms with E-state index in [1.165, 1.54) is 31.2 Å². The van der Waals surface area contributed by atoms with Crippen LogP contribution in [0, 0.1) is 0 Å². The number of carbonyl (C=O) groups is 3. The third-order valence-corrected chi connectivity index (χ3v) is 2.74. The van der Waals surface area contributed by atoms with Crippen LogP contribution in [-0.4, -0.2) is 31.1 Å². The molecule has 0 unspecified atom stereocenters. The summed E-state index contributed by atoms with van der Waals surface area (Å²) in [6.45, 7) is 4.84. The largest absolute Gasteiger partial charge is 0.463 e. The number of anilines is 2. The summed E-state index contributed by atoms with van der Waals surface area (Å²) in [5, 5.41) is 5.12. The summed E-state index contributed by atoms with van der Waals surface area (Å²) in [6, 6.07) is 5.50. The zero-order valence-electron chi connectivity index (χ0n) is 14.3. The molecule has 1 rings (SSSR count). The molecule has 0 aromatic heterocycles. The van der Waals surface area contributed by atoms with E-state index in [0.29, 0.717) is 5.69 Å². The van der Waals surface area contributed by atoms with Gasteiger partial charge in [-0.3, -0.25) is 9.59 Å². The van der Waals surface area contributed by atoms with E-state index in [0.717, 1.165) is 6.08 Å². The topological polar surface area (TPSA) is 111 Å². The van der Waals surface area contributed by atoms with Gasteiger partial charge < -0.3 is 20.1 Å². The standard InChI is InChI=1S/C17H20N2O6/c1-4-24-16(22)10-14(17(23)25-5-2)19-12-6-8-13(18-11(3)20)15(21)9-7-12/h6-10,19H,4-5H2,1-3H3,(H,18,20,21)/b14-10-. The molecule has 0 atom stereocenters. The molecule has 0 saturated carbocycles. The average molecular weight is 348 g/mol. The zero-order chi connectivity index (χ0) is 18.8. The second-order valence-corrected chi connectivity index (χ2v) is 4.74. The Hall–Kier alpha value is -3.16. The lowest BCUT2D eigenvalue weighted by Gasteiger charge is -2.09. The summed E-state index contributed by atoms with van der Waals surface area (Å²) in [7, 11) is 0. The Morgan fingerprint density at radius 2 is 1.64 bits per heavy atom. The summed E-state index contributed by atoms with van der Waals surface area (Å²) in [6.07, 6.45) is 0.974. The van der Waals surface area contributed by atoms with Gasteiger partial charge in [-0.05, 0) is 38.1 Å². The van der Waals surface area contributed by atoms with Crippen molar-refractivity contribution in [3.8, 4) is 0 Å². The molecule has 8 heteroatoms. The molecule has 0 aliphatic carbocycles. The van der Waals surface area contributed by atoms with E-state index >= 15 is 0 Å². The van der Waals surface area contributed by atoms with E-state index in [-0.39, 0.29) is 30.5 Å². The molecular weight excluding hydrogens is 328 g/mol. The monoisotopic (exact) mass is 348 g/mol. The van der Waals surface area contributed by atoms with Gasteiger partial charge in [0.15, 0.2) is 0 Å². The number of hydrogen-bond donors (Lipinski definition) is 2. The molecule has 1 aromatic carbocycles. The highest BCUT2D eigenvalue weighted by Crippen LogP contribution is 2.11. The minimum absolute atomic E-state index is 0.0904. The van der Waals surface area contributed by atoms with Crippen LogP contribution in [0.1, 0.15) is 20.8 Å². The van der Waals surface area contributed by atoms with E-state index in [9.17, 15) is 19.2 Å². The van der Waals surface area contributed by atoms with Gasteiger partial charge in [0, 0.05) is 12.6 Å². The highest BCUT2D eigenvalue weighted by molar-refractivity contribution is 5.98. The highest BCUT2D eigenvalue weighted by atomic mass is 16.5. The highest BCUT2D eigenvalue weighted by Gasteiger charge is 2.14. The first-order valence-electron chi connectivity index (χ1n) is 7.62. The molecule has 8 nitrogen and oxygen atoms in total. The van der Waals surface area contributed by atoms with E-state index in [2.05, 4.69) is 10.6 Å². The molecule has 0 aliphatic rings. The lowest BCUT2D eigenvalue weighted by Crippen LogP contribution is -2.17. The molecule has 134 valence electrons. The van der Waals surface area contributed by atoms with Crippen molar-refractivity contribution in [3.63, 3.8) is 0 Å². The first-order chi connectivity index (χ1) is 11.9. The van der Waals surface area contributed by atoms with Crippen LogP contribution >= 0.6 is 0 Å². The number of hydrogen-bond acceptors (Lipinski definition) is 7. The van der Waals surface area contributed by atoms with Gasteiger partial charge in [0.05, 0.1) is 25.0 Å². The van der Waals surface area contributed by atoms with Crippen LogP contribution in [0.15, 0.2) is 40.8 Å². The molecule has 0 spiro atoms. The molecular formula is C17H20N2O6. The van der Waals surface area contributed by atoms with Crippen LogP contribution in [-0.2, 0) is 23.9 Å². The summed E-state index contributed by atoms with van der Waals surface area (Å²) >= 11 is 0. The van der Waals surface area contributed by atoms with Crippen LogP contribution in [0.4, 0.5) is 11.4 Å². The maximum Gasteiger partial charge on any atom is 0.355 e. The van der Waals surface area contributed by atoms with E-state index in [1.54, 1.807) is 13.8 Å². The van der Waals surface area contributed by atoms with Crippen molar-refractivity contribution in [2.24, 2.45) is 0 Å². The summed E-state index contributed by atoms with van der Waals surface area (Å²) < 4.78 is 9.66. The van der Waals surface area contributed by atoms with Crippen molar-refractivity contribution in [2.45, 2.75) is 20.8 Å². The molecule has 0 radical (unpaired) electrons. The fourth-order valence-electron chi connectivity index (χ4n) is 1.75. The average Bonchev–Trinajstić information content (AvgIpc) is 2.70. The third kappa shape index (κ3) is 6.86. The van der Waals surface area contributed by atoms with Crippen molar-refractivity contribution in [2.75, 3.05) is 23.8 Å². The molecule has 0 bridgehead atoms. The van der Waals surface area contributed by atoms with Crippen molar-refractivity contribution >= 4 is 29.2 Å². The Kier molecular flexibility index (Phi) is 7.85. The van der Waals surface area contributed by atoms with Gasteiger partial charge in [-0.25, -0.2) is 9.59 Å². The summed E-state index contributed by atoms with van der Waals surface area (Å²) in [5.41, 5.74) is -0.111. The Balaban J connectivity index is 3.13. The van der Waals surface area contributed by atoms with Gasteiger partial charge in [-0.1, -0.05) is 0 Å². The van der Waals surface area contributed by atoms with Gasteiger partial charge in [-0.15, -0.1) is 0 Å². The predicted molar refractivity (Wildman–Crippen MR) is 92.0 cm³/mol. The van der Waals surface area contributed by atoms with Gasteiger partial charge >= 0.3 is 11.9 Å². The second kappa shape index (κ2) is 9.86. The summed E-state index contributed by atoms with van der Waals surface area (Å²) in [4.78, 5) is 46.5. The smallest absolute Gasteiger partial charge is 0.355 e. The maximum absolute atomic E-state index is 12.0. The number of carbonyl (C=O) groups excluding carboxylic acids is 3. The fraction of sp³-hybridized carbons (Fsp3) is 0.294. The molecule has 0 saturated heterocycles. The van der Waals surface area contributed by atoms with Gasteiger partial charge in [-0.2, -0.15) is 0 Å². The molecule has 1 aromatic rings. The number of ether oxygens (including phenoxy) is 2. The van der Waals surface area contributed by atoms with Crippen molar-refractivity contribution in [1.82, 2.24) is 0 Å². The van der Waals surface area contributed by atoms with Crippen LogP contribution in [0.25, 0.3) is 0 Å². The number of esters is 2. The first-order valence-corrected chi connectivity index (χ1v) is 7.62. The molecule has 2 N–H and O–H groups in total. The quantitative estimate of drug-likeness (QED) is 0.566. The fourth-order valence-corrected chi connectivity index (χ4v) is 1.75. The molecule has 0 aliphatic heterocycles. The van der Waals surface area contributed by atoms with E-state index < -0.39 is 17.4 Å². The van der Waals surface area contributed by atoms with Crippen molar-refractivity contribution in [1.29, 1.82) is 0 Å². The number of amides is 1. The van der Waals surface area contributed by atoms with Gasteiger partial charge in [0.25, 0.3) is 0 Å². The lowest BCUT2D eigenvalue weighted by atomic mass is 10.3. The Labute approximate surface area is 144 Å². The Bertz CT molecular complexity index is 742. The lowest BCUT2D eigenvalue weighted by molar-refractivity contribution is -0.140. The van der Waals surface area contributed by atoms with E-state index in [4.69, 9.17) is 9.47 Å². The molecule has 0 heterocycles. The van der Waals surface area contributed by atoms with Crippen LogP contribution in [0.3, 0.4) is 0 Å². The molecule has 1 amide bonds. The number of rotatable bonds is 7. The second-order valence-electron chi connectivity index (χ2n) is 4.74. The van der Waals surface area contributed by atoms with Crippen LogP contribution < -0.4 is 16.1 Å². The Morgan fingerprint density at radius 1 is 1.00 bits per heavy atom. The van der Waals surface area contributed by atoms with Gasteiger partial charge in [0.1, 0.15) is 5.70 Å². The molecule has 0 fully saturated rings. The first kappa shape index (κ1) is 19.9. The zero-order valence-corrected chi connectivity index (χ0v) is 14.3. The van der Waals surface area contributed by atoms with Crippen molar-refractivity contribution in [3.05, 3.63) is 46.3 Å². The van der Waals surface area contributed by atoms with Crippen LogP contribution in [0.2, 0.25) is 0 Å². The summed E-state index contributed by atoms with van der Waals surface area (Å²) in [5.74, 6) is -1.83. The van der Waals surface area contributed by atoms with Gasteiger partial charge in [0.2, 0.25) is 11.3 Å². The van der Waals surface area contributed by atoms with Crippen molar-refractivity contribution < 1.29 is 23.9 Å². The SMILES string of the molecule is CCOC(=O)/C=C(\Nc1ccc(NC(C)=O)c(=O)cc1)C(=O)OCC. The molecule has 25 heavy (non-hydrogen) atoms. The third-order valence-electron chi connectivity index (χ3n) is 2.74. The predicted octanol–water partition coefficient (Wildman–Crippen LogP) is 1.43. The maximum atomic E-state index is 12.0. The minimum Gasteiger partial charge on any atom is -0.463 e. The number of nitrogens with one attached hydrogen (secondary N) is 2.